The maximum Gasteiger partial charge on any atom is 0.0381 e. The van der Waals surface area contributed by atoms with Crippen molar-refractivity contribution >= 4 is 22.7 Å². The van der Waals surface area contributed by atoms with E-state index in [0.717, 1.165) is 0 Å². The van der Waals surface area contributed by atoms with E-state index < -0.39 is 0 Å². The van der Waals surface area contributed by atoms with Crippen molar-refractivity contribution in [2.45, 2.75) is 90.9 Å². The highest BCUT2D eigenvalue weighted by Crippen LogP contribution is 2.48. The van der Waals surface area contributed by atoms with Crippen molar-refractivity contribution < 1.29 is 0 Å². The molecule has 0 saturated carbocycles. The van der Waals surface area contributed by atoms with E-state index >= 15 is 0 Å². The summed E-state index contributed by atoms with van der Waals surface area (Å²) in [6.45, 7) is 4.58. The van der Waals surface area contributed by atoms with Crippen LogP contribution < -0.4 is 0 Å². The van der Waals surface area contributed by atoms with E-state index in [1.807, 2.05) is 22.7 Å². The predicted octanol–water partition coefficient (Wildman–Crippen LogP) is 11.3. The molecule has 0 fully saturated rings. The van der Waals surface area contributed by atoms with Crippen molar-refractivity contribution in [1.29, 1.82) is 0 Å². The Hall–Kier alpha value is -1.90. The molecular weight excluding hydrogens is 448 g/mol. The van der Waals surface area contributed by atoms with Crippen molar-refractivity contribution in [1.82, 2.24) is 0 Å². The molecule has 0 unspecified atom stereocenters. The second-order valence-corrected chi connectivity index (χ2v) is 11.4. The minimum atomic E-state index is 1.20. The average Bonchev–Trinajstić information content (AvgIpc) is 3.53. The third kappa shape index (κ3) is 6.20. The lowest BCUT2D eigenvalue weighted by Crippen LogP contribution is -1.86. The Kier molecular flexibility index (Phi) is 9.83. The van der Waals surface area contributed by atoms with E-state index in [1.165, 1.54) is 120 Å². The molecule has 2 aromatic rings. The first-order chi connectivity index (χ1) is 16.8. The largest absolute Gasteiger partial charge is 0.144 e. The Balaban J connectivity index is 1.61. The smallest absolute Gasteiger partial charge is 0.0381 e. The first kappa shape index (κ1) is 25.2. The van der Waals surface area contributed by atoms with Gasteiger partial charge in [0.2, 0.25) is 0 Å². The molecule has 2 aromatic heterocycles. The SMILES string of the molecule is CCCCCCCc1ccsc1-c1cc(-c2sccc2CCCCCCC)c2cccccc1-2. The van der Waals surface area contributed by atoms with E-state index in [9.17, 15) is 0 Å². The van der Waals surface area contributed by atoms with Gasteiger partial charge in [0.1, 0.15) is 0 Å². The minimum Gasteiger partial charge on any atom is -0.144 e. The van der Waals surface area contributed by atoms with Crippen molar-refractivity contribution in [3.63, 3.8) is 0 Å². The Bertz CT molecular complexity index is 1020. The molecule has 0 radical (unpaired) electrons. The van der Waals surface area contributed by atoms with Crippen LogP contribution in [0.25, 0.3) is 32.0 Å². The molecule has 0 aliphatic heterocycles. The number of rotatable bonds is 14. The first-order valence-electron chi connectivity index (χ1n) is 13.5. The van der Waals surface area contributed by atoms with Gasteiger partial charge in [-0.15, -0.1) is 22.7 Å². The molecule has 4 rings (SSSR count). The Labute approximate surface area is 215 Å². The van der Waals surface area contributed by atoms with Crippen molar-refractivity contribution in [2.24, 2.45) is 0 Å². The second-order valence-electron chi connectivity index (χ2n) is 9.59. The molecule has 0 aromatic carbocycles. The van der Waals surface area contributed by atoms with Gasteiger partial charge in [0, 0.05) is 20.9 Å². The van der Waals surface area contributed by atoms with Crippen LogP contribution in [0.3, 0.4) is 0 Å². The van der Waals surface area contributed by atoms with Crippen LogP contribution >= 0.6 is 22.7 Å². The van der Waals surface area contributed by atoms with Gasteiger partial charge in [0.05, 0.1) is 0 Å². The number of hydrogen-bond donors (Lipinski definition) is 0. The Morgan fingerprint density at radius 3 is 1.44 bits per heavy atom. The fourth-order valence-corrected chi connectivity index (χ4v) is 7.04. The summed E-state index contributed by atoms with van der Waals surface area (Å²) in [5.41, 5.74) is 8.74. The van der Waals surface area contributed by atoms with Crippen molar-refractivity contribution in [2.75, 3.05) is 0 Å². The summed E-state index contributed by atoms with van der Waals surface area (Å²) in [6, 6.07) is 18.5. The van der Waals surface area contributed by atoms with Gasteiger partial charge in [-0.25, -0.2) is 0 Å². The molecule has 2 heterocycles. The van der Waals surface area contributed by atoms with E-state index in [4.69, 9.17) is 0 Å². The van der Waals surface area contributed by atoms with Crippen molar-refractivity contribution in [3.05, 3.63) is 70.4 Å². The van der Waals surface area contributed by atoms with Crippen LogP contribution in [0, 0.1) is 0 Å². The third-order valence-corrected chi connectivity index (χ3v) is 8.97. The second kappa shape index (κ2) is 13.3. The van der Waals surface area contributed by atoms with Crippen LogP contribution in [0.1, 0.15) is 89.2 Å². The van der Waals surface area contributed by atoms with Gasteiger partial charge in [-0.05, 0) is 76.9 Å². The van der Waals surface area contributed by atoms with Gasteiger partial charge < -0.3 is 0 Å². The van der Waals surface area contributed by atoms with Crippen LogP contribution in [0.4, 0.5) is 0 Å². The summed E-state index contributed by atoms with van der Waals surface area (Å²) < 4.78 is 0. The zero-order valence-corrected chi connectivity index (χ0v) is 22.7. The molecular formula is C32H40S2. The van der Waals surface area contributed by atoms with Gasteiger partial charge in [-0.3, -0.25) is 0 Å². The zero-order valence-electron chi connectivity index (χ0n) is 21.1. The lowest BCUT2D eigenvalue weighted by Gasteiger charge is -2.06. The fraction of sp³-hybridized carbons (Fsp3) is 0.438. The molecule has 0 bridgehead atoms. The molecule has 0 atom stereocenters. The highest BCUT2D eigenvalue weighted by atomic mass is 32.1. The molecule has 2 aliphatic carbocycles. The number of thiophene rings is 2. The molecule has 0 nitrogen and oxygen atoms in total. The molecule has 0 amide bonds. The Morgan fingerprint density at radius 1 is 0.500 bits per heavy atom. The highest BCUT2D eigenvalue weighted by molar-refractivity contribution is 7.14. The van der Waals surface area contributed by atoms with E-state index in [1.54, 1.807) is 0 Å². The summed E-state index contributed by atoms with van der Waals surface area (Å²) in [5.74, 6) is 0. The molecule has 0 N–H and O–H groups in total. The molecule has 0 spiro atoms. The summed E-state index contributed by atoms with van der Waals surface area (Å²) in [5, 5.41) is 4.59. The molecule has 2 heteroatoms. The number of unbranched alkanes of at least 4 members (excludes halogenated alkanes) is 8. The molecule has 2 aliphatic rings. The van der Waals surface area contributed by atoms with E-state index in [0.29, 0.717) is 0 Å². The predicted molar refractivity (Wildman–Crippen MR) is 155 cm³/mol. The minimum absolute atomic E-state index is 1.20. The highest BCUT2D eigenvalue weighted by Gasteiger charge is 2.21. The fourth-order valence-electron chi connectivity index (χ4n) is 5.07. The van der Waals surface area contributed by atoms with Crippen LogP contribution in [0.5, 0.6) is 0 Å². The zero-order chi connectivity index (χ0) is 23.6. The van der Waals surface area contributed by atoms with E-state index in [2.05, 4.69) is 73.1 Å². The van der Waals surface area contributed by atoms with Gasteiger partial charge >= 0.3 is 0 Å². The van der Waals surface area contributed by atoms with Crippen LogP contribution in [-0.4, -0.2) is 0 Å². The maximum absolute atomic E-state index is 2.50. The Morgan fingerprint density at radius 2 is 0.971 bits per heavy atom. The van der Waals surface area contributed by atoms with Crippen molar-refractivity contribution in [3.8, 4) is 32.0 Å². The normalized spacial score (nSPS) is 11.5. The standard InChI is InChI=1S/C32H40S2/c1-3-5-7-9-12-16-25-20-22-33-31(25)29-24-30(28-19-15-11-14-18-27(28)29)32-26(21-23-34-32)17-13-10-8-6-4-2/h11,14-15,18-24H,3-10,12-13,16-17H2,1-2H3. The number of fused-ring (bicyclic) bond motifs is 1. The quantitative estimate of drug-likeness (QED) is 0.155. The molecule has 180 valence electrons. The summed E-state index contributed by atoms with van der Waals surface area (Å²) in [7, 11) is 0. The maximum atomic E-state index is 2.50. The van der Waals surface area contributed by atoms with E-state index in [-0.39, 0.29) is 0 Å². The monoisotopic (exact) mass is 488 g/mol. The van der Waals surface area contributed by atoms with Gasteiger partial charge in [0.25, 0.3) is 0 Å². The number of hydrogen-bond acceptors (Lipinski definition) is 2. The van der Waals surface area contributed by atoms with Crippen LogP contribution in [0.15, 0.2) is 59.3 Å². The lowest BCUT2D eigenvalue weighted by molar-refractivity contribution is 0.633. The van der Waals surface area contributed by atoms with Crippen LogP contribution in [0.2, 0.25) is 0 Å². The van der Waals surface area contributed by atoms with Gasteiger partial charge in [-0.1, -0.05) is 95.5 Å². The first-order valence-corrected chi connectivity index (χ1v) is 15.2. The summed E-state index contributed by atoms with van der Waals surface area (Å²) in [6.07, 6.45) is 15.8. The number of aryl methyl sites for hydroxylation is 2. The topological polar surface area (TPSA) is 0 Å². The average molecular weight is 489 g/mol. The lowest BCUT2D eigenvalue weighted by atomic mass is 10.0. The van der Waals surface area contributed by atoms with Gasteiger partial charge in [0.15, 0.2) is 0 Å². The third-order valence-electron chi connectivity index (χ3n) is 6.99. The van der Waals surface area contributed by atoms with Gasteiger partial charge in [-0.2, -0.15) is 0 Å². The van der Waals surface area contributed by atoms with Crippen LogP contribution in [-0.2, 0) is 12.8 Å². The summed E-state index contributed by atoms with van der Waals surface area (Å²) in [4.78, 5) is 2.96. The molecule has 34 heavy (non-hydrogen) atoms. The summed E-state index contributed by atoms with van der Waals surface area (Å²) >= 11 is 3.84. The molecule has 0 saturated heterocycles.